The molecule has 0 radical (unpaired) electrons. The lowest BCUT2D eigenvalue weighted by Crippen LogP contribution is -2.47. The molecule has 5 nitrogen and oxygen atoms in total. The minimum atomic E-state index is -3.07. The van der Waals surface area contributed by atoms with E-state index in [1.165, 1.54) is 0 Å². The fraction of sp³-hybridized carbons (Fsp3) is 0.727. The van der Waals surface area contributed by atoms with Crippen LogP contribution in [0.5, 0.6) is 0 Å². The van der Waals surface area contributed by atoms with Crippen molar-refractivity contribution in [2.45, 2.75) is 18.8 Å². The van der Waals surface area contributed by atoms with Gasteiger partial charge >= 0.3 is 0 Å². The summed E-state index contributed by atoms with van der Waals surface area (Å²) in [4.78, 5) is 7.47. The number of hydrogen-bond acceptors (Lipinski definition) is 7. The number of nitrogens with zero attached hydrogens (tertiary/aromatic N) is 2. The van der Waals surface area contributed by atoms with Crippen LogP contribution in [0.1, 0.15) is 11.8 Å². The molecule has 19 heavy (non-hydrogen) atoms. The van der Waals surface area contributed by atoms with Gasteiger partial charge in [-0.1, -0.05) is 6.92 Å². The molecule has 1 aromatic heterocycles. The second kappa shape index (κ2) is 6.43. The Hall–Kier alpha value is -0.310. The summed E-state index contributed by atoms with van der Waals surface area (Å²) in [5, 5.41) is 3.48. The molecule has 1 aliphatic rings. The standard InChI is InChI=1S/C11H19N3O2S3/c1-3-19(15,16)10-8-17-5-4-14(10)11-13-7-9(18-11)6-12-2/h7,10,12H,3-6,8H2,1-2H3. The molecule has 1 unspecified atom stereocenters. The van der Waals surface area contributed by atoms with E-state index >= 15 is 0 Å². The van der Waals surface area contributed by atoms with Crippen molar-refractivity contribution in [1.29, 1.82) is 0 Å². The Morgan fingerprint density at radius 3 is 3.05 bits per heavy atom. The van der Waals surface area contributed by atoms with Crippen LogP contribution in [-0.2, 0) is 16.4 Å². The van der Waals surface area contributed by atoms with E-state index < -0.39 is 15.2 Å². The summed E-state index contributed by atoms with van der Waals surface area (Å²) in [6, 6.07) is 0. The van der Waals surface area contributed by atoms with Crippen LogP contribution in [0.25, 0.3) is 0 Å². The number of nitrogens with one attached hydrogen (secondary N) is 1. The number of aromatic nitrogens is 1. The van der Waals surface area contributed by atoms with Gasteiger partial charge in [-0.2, -0.15) is 11.8 Å². The Morgan fingerprint density at radius 1 is 1.58 bits per heavy atom. The number of thioether (sulfide) groups is 1. The molecular weight excluding hydrogens is 302 g/mol. The van der Waals surface area contributed by atoms with E-state index in [-0.39, 0.29) is 5.75 Å². The third-order valence-corrected chi connectivity index (χ3v) is 7.36. The molecule has 0 aliphatic carbocycles. The molecule has 0 amide bonds. The van der Waals surface area contributed by atoms with E-state index in [4.69, 9.17) is 0 Å². The lowest BCUT2D eigenvalue weighted by molar-refractivity contribution is 0.579. The SMILES string of the molecule is CCS(=O)(=O)C1CSCCN1c1ncc(CNC)s1. The molecule has 108 valence electrons. The fourth-order valence-electron chi connectivity index (χ4n) is 1.98. The summed E-state index contributed by atoms with van der Waals surface area (Å²) in [6.45, 7) is 3.23. The molecule has 0 spiro atoms. The lowest BCUT2D eigenvalue weighted by Gasteiger charge is -2.34. The van der Waals surface area contributed by atoms with Gasteiger partial charge in [0.2, 0.25) is 0 Å². The monoisotopic (exact) mass is 321 g/mol. The van der Waals surface area contributed by atoms with Gasteiger partial charge in [-0.05, 0) is 7.05 Å². The first-order valence-corrected chi connectivity index (χ1v) is 9.92. The zero-order valence-corrected chi connectivity index (χ0v) is 13.6. The van der Waals surface area contributed by atoms with Gasteiger partial charge in [-0.25, -0.2) is 13.4 Å². The predicted molar refractivity (Wildman–Crippen MR) is 82.8 cm³/mol. The number of hydrogen-bond donors (Lipinski definition) is 1. The number of rotatable bonds is 5. The molecular formula is C11H19N3O2S3. The quantitative estimate of drug-likeness (QED) is 0.878. The second-order valence-corrected chi connectivity index (χ2v) is 9.00. The summed E-state index contributed by atoms with van der Waals surface area (Å²) >= 11 is 3.28. The first-order chi connectivity index (χ1) is 9.08. The van der Waals surface area contributed by atoms with E-state index in [2.05, 4.69) is 10.3 Å². The van der Waals surface area contributed by atoms with E-state index in [0.29, 0.717) is 5.75 Å². The second-order valence-electron chi connectivity index (χ2n) is 4.31. The van der Waals surface area contributed by atoms with E-state index in [9.17, 15) is 8.42 Å². The van der Waals surface area contributed by atoms with Crippen LogP contribution in [0, 0.1) is 0 Å². The number of sulfone groups is 1. The highest BCUT2D eigenvalue weighted by atomic mass is 32.2. The van der Waals surface area contributed by atoms with Crippen LogP contribution in [-0.4, -0.2) is 49.6 Å². The van der Waals surface area contributed by atoms with Crippen molar-refractivity contribution in [3.05, 3.63) is 11.1 Å². The van der Waals surface area contributed by atoms with Crippen molar-refractivity contribution in [2.75, 3.05) is 35.8 Å². The number of anilines is 1. The molecule has 1 aliphatic heterocycles. The molecule has 0 bridgehead atoms. The molecule has 1 atom stereocenters. The molecule has 2 rings (SSSR count). The summed E-state index contributed by atoms with van der Waals surface area (Å²) in [6.07, 6.45) is 1.83. The maximum absolute atomic E-state index is 12.2. The summed E-state index contributed by atoms with van der Waals surface area (Å²) < 4.78 is 24.4. The lowest BCUT2D eigenvalue weighted by atomic mass is 10.5. The first-order valence-electron chi connectivity index (χ1n) is 6.23. The zero-order chi connectivity index (χ0) is 13.9. The van der Waals surface area contributed by atoms with Gasteiger partial charge in [-0.15, -0.1) is 11.3 Å². The normalized spacial score (nSPS) is 20.7. The van der Waals surface area contributed by atoms with Crippen LogP contribution >= 0.6 is 23.1 Å². The predicted octanol–water partition coefficient (Wildman–Crippen LogP) is 1.18. The molecule has 1 fully saturated rings. The maximum Gasteiger partial charge on any atom is 0.186 e. The third-order valence-electron chi connectivity index (χ3n) is 3.04. The average Bonchev–Trinajstić information content (AvgIpc) is 2.88. The summed E-state index contributed by atoms with van der Waals surface area (Å²) in [7, 11) is -1.18. The fourth-order valence-corrected chi connectivity index (χ4v) is 6.01. The zero-order valence-electron chi connectivity index (χ0n) is 11.1. The Labute approximate surface area is 122 Å². The van der Waals surface area contributed by atoms with Crippen LogP contribution < -0.4 is 10.2 Å². The summed E-state index contributed by atoms with van der Waals surface area (Å²) in [5.74, 6) is 1.78. The minimum absolute atomic E-state index is 0.184. The van der Waals surface area contributed by atoms with Crippen molar-refractivity contribution in [3.63, 3.8) is 0 Å². The molecule has 0 aromatic carbocycles. The minimum Gasteiger partial charge on any atom is -0.329 e. The van der Waals surface area contributed by atoms with Gasteiger partial charge in [0.05, 0.1) is 0 Å². The van der Waals surface area contributed by atoms with Crippen molar-refractivity contribution in [2.24, 2.45) is 0 Å². The highest BCUT2D eigenvalue weighted by Crippen LogP contribution is 2.30. The molecule has 1 N–H and O–H groups in total. The Kier molecular flexibility index (Phi) is 5.10. The first kappa shape index (κ1) is 15.1. The van der Waals surface area contributed by atoms with Crippen LogP contribution in [0.15, 0.2) is 6.20 Å². The highest BCUT2D eigenvalue weighted by Gasteiger charge is 2.34. The largest absolute Gasteiger partial charge is 0.329 e. The van der Waals surface area contributed by atoms with Gasteiger partial charge in [0, 0.05) is 41.4 Å². The molecule has 0 saturated carbocycles. The molecule has 1 saturated heterocycles. The Balaban J connectivity index is 2.23. The van der Waals surface area contributed by atoms with Crippen LogP contribution in [0.4, 0.5) is 5.13 Å². The van der Waals surface area contributed by atoms with E-state index in [1.54, 1.807) is 30.0 Å². The highest BCUT2D eigenvalue weighted by molar-refractivity contribution is 8.01. The van der Waals surface area contributed by atoms with Gasteiger partial charge in [0.25, 0.3) is 0 Å². The van der Waals surface area contributed by atoms with Crippen molar-refractivity contribution < 1.29 is 8.42 Å². The van der Waals surface area contributed by atoms with E-state index in [0.717, 1.165) is 28.9 Å². The Bertz CT molecular complexity index is 515. The number of thiazole rings is 1. The van der Waals surface area contributed by atoms with Crippen molar-refractivity contribution in [3.8, 4) is 0 Å². The van der Waals surface area contributed by atoms with Crippen LogP contribution in [0.2, 0.25) is 0 Å². The van der Waals surface area contributed by atoms with Crippen molar-refractivity contribution in [1.82, 2.24) is 10.3 Å². The van der Waals surface area contributed by atoms with Gasteiger partial charge in [-0.3, -0.25) is 0 Å². The molecule has 8 heteroatoms. The van der Waals surface area contributed by atoms with Crippen molar-refractivity contribution >= 4 is 38.1 Å². The summed E-state index contributed by atoms with van der Waals surface area (Å²) in [5.41, 5.74) is 0. The average molecular weight is 321 g/mol. The Morgan fingerprint density at radius 2 is 2.37 bits per heavy atom. The topological polar surface area (TPSA) is 62.3 Å². The van der Waals surface area contributed by atoms with Gasteiger partial charge in [0.15, 0.2) is 15.0 Å². The van der Waals surface area contributed by atoms with Crippen LogP contribution in [0.3, 0.4) is 0 Å². The van der Waals surface area contributed by atoms with E-state index in [1.807, 2.05) is 18.1 Å². The van der Waals surface area contributed by atoms with Gasteiger partial charge in [0.1, 0.15) is 5.37 Å². The molecule has 2 heterocycles. The third kappa shape index (κ3) is 3.42. The van der Waals surface area contributed by atoms with Gasteiger partial charge < -0.3 is 10.2 Å². The maximum atomic E-state index is 12.2. The molecule has 1 aromatic rings. The smallest absolute Gasteiger partial charge is 0.186 e.